The molecule has 0 aromatic heterocycles. The van der Waals surface area contributed by atoms with Crippen molar-refractivity contribution in [3.05, 3.63) is 59.7 Å². The molecule has 0 fully saturated rings. The summed E-state index contributed by atoms with van der Waals surface area (Å²) in [5, 5.41) is 34.6. The summed E-state index contributed by atoms with van der Waals surface area (Å²) in [4.78, 5) is 20.5. The van der Waals surface area contributed by atoms with Crippen LogP contribution in [0.4, 0.5) is 0 Å². The summed E-state index contributed by atoms with van der Waals surface area (Å²) in [6, 6.07) is 11.6. The average Bonchev–Trinajstić information content (AvgIpc) is 2.40. The summed E-state index contributed by atoms with van der Waals surface area (Å²) >= 11 is 0. The summed E-state index contributed by atoms with van der Waals surface area (Å²) in [5.74, 6) is -2.62. The Labute approximate surface area is 133 Å². The van der Waals surface area contributed by atoms with Gasteiger partial charge in [0.1, 0.15) is 22.6 Å². The molecule has 0 aliphatic heterocycles. The zero-order valence-corrected chi connectivity index (χ0v) is 13.9. The van der Waals surface area contributed by atoms with Gasteiger partial charge in [0.2, 0.25) is 0 Å². The van der Waals surface area contributed by atoms with Crippen LogP contribution in [0, 0.1) is 0 Å². The number of aromatic carboxylic acids is 2. The third kappa shape index (κ3) is 5.62. The van der Waals surface area contributed by atoms with Crippen LogP contribution in [0.5, 0.6) is 11.5 Å². The van der Waals surface area contributed by atoms with E-state index in [1.807, 2.05) is 0 Å². The SMILES string of the molecule is O=C(O)c1ccccc1O.O=C(O)c1ccccc1O.[Zn]. The molecule has 7 heteroatoms. The van der Waals surface area contributed by atoms with Gasteiger partial charge in [0, 0.05) is 19.5 Å². The van der Waals surface area contributed by atoms with Crippen molar-refractivity contribution in [3.8, 4) is 11.5 Å². The van der Waals surface area contributed by atoms with Crippen LogP contribution < -0.4 is 0 Å². The first kappa shape index (κ1) is 18.6. The van der Waals surface area contributed by atoms with Crippen molar-refractivity contribution in [2.75, 3.05) is 0 Å². The molecule has 0 saturated heterocycles. The fourth-order valence-corrected chi connectivity index (χ4v) is 1.31. The van der Waals surface area contributed by atoms with E-state index in [0.717, 1.165) is 0 Å². The monoisotopic (exact) mass is 340 g/mol. The molecule has 0 radical (unpaired) electrons. The second kappa shape index (κ2) is 8.71. The van der Waals surface area contributed by atoms with Crippen LogP contribution in [0.15, 0.2) is 48.5 Å². The molecule has 0 atom stereocenters. The van der Waals surface area contributed by atoms with E-state index in [-0.39, 0.29) is 42.1 Å². The molecule has 2 aromatic rings. The quantitative estimate of drug-likeness (QED) is 0.622. The largest absolute Gasteiger partial charge is 0.507 e. The van der Waals surface area contributed by atoms with Gasteiger partial charge in [0.25, 0.3) is 0 Å². The number of carbonyl (C=O) groups is 2. The van der Waals surface area contributed by atoms with Gasteiger partial charge in [-0.15, -0.1) is 0 Å². The van der Waals surface area contributed by atoms with E-state index in [4.69, 9.17) is 20.4 Å². The zero-order valence-electron chi connectivity index (χ0n) is 10.9. The molecule has 4 N–H and O–H groups in total. The number of carboxylic acids is 2. The smallest absolute Gasteiger partial charge is 0.339 e. The fourth-order valence-electron chi connectivity index (χ4n) is 1.31. The Balaban J connectivity index is 0.000000364. The molecular formula is C14H12O6Zn. The molecule has 0 bridgehead atoms. The maximum Gasteiger partial charge on any atom is 0.339 e. The van der Waals surface area contributed by atoms with Crippen molar-refractivity contribution >= 4 is 11.9 Å². The minimum Gasteiger partial charge on any atom is -0.507 e. The molecule has 0 heterocycles. The van der Waals surface area contributed by atoms with E-state index >= 15 is 0 Å². The fraction of sp³-hybridized carbons (Fsp3) is 0. The van der Waals surface area contributed by atoms with Crippen LogP contribution in [-0.2, 0) is 19.5 Å². The number of hydrogen-bond donors (Lipinski definition) is 4. The number of carboxylic acid groups (broad SMARTS) is 2. The Morgan fingerprint density at radius 2 is 0.952 bits per heavy atom. The maximum atomic E-state index is 10.3. The van der Waals surface area contributed by atoms with Gasteiger partial charge in [0.15, 0.2) is 0 Å². The predicted molar refractivity (Wildman–Crippen MR) is 70.1 cm³/mol. The van der Waals surface area contributed by atoms with Gasteiger partial charge in [-0.3, -0.25) is 0 Å². The first-order chi connectivity index (χ1) is 9.43. The first-order valence-electron chi connectivity index (χ1n) is 5.46. The number of benzene rings is 2. The minimum absolute atomic E-state index is 0. The van der Waals surface area contributed by atoms with Crippen LogP contribution >= 0.6 is 0 Å². The van der Waals surface area contributed by atoms with Gasteiger partial charge in [-0.2, -0.15) is 0 Å². The summed E-state index contributed by atoms with van der Waals surface area (Å²) in [6.07, 6.45) is 0. The van der Waals surface area contributed by atoms with Crippen molar-refractivity contribution < 1.29 is 49.5 Å². The topological polar surface area (TPSA) is 115 Å². The Hall–Kier alpha value is -2.40. The van der Waals surface area contributed by atoms with Crippen molar-refractivity contribution in [2.24, 2.45) is 0 Å². The van der Waals surface area contributed by atoms with Crippen LogP contribution in [0.1, 0.15) is 20.7 Å². The van der Waals surface area contributed by atoms with Gasteiger partial charge in [-0.05, 0) is 24.3 Å². The molecule has 0 spiro atoms. The number of aromatic hydroxyl groups is 2. The van der Waals surface area contributed by atoms with E-state index in [2.05, 4.69) is 0 Å². The molecular weight excluding hydrogens is 330 g/mol. The van der Waals surface area contributed by atoms with Crippen LogP contribution in [-0.4, -0.2) is 32.4 Å². The maximum absolute atomic E-state index is 10.3. The summed E-state index contributed by atoms with van der Waals surface area (Å²) in [5.41, 5.74) is -0.134. The second-order valence-electron chi connectivity index (χ2n) is 3.64. The molecule has 2 rings (SSSR count). The van der Waals surface area contributed by atoms with Crippen LogP contribution in [0.25, 0.3) is 0 Å². The van der Waals surface area contributed by atoms with Crippen molar-refractivity contribution in [2.45, 2.75) is 0 Å². The van der Waals surface area contributed by atoms with E-state index in [0.29, 0.717) is 0 Å². The molecule has 6 nitrogen and oxygen atoms in total. The first-order valence-corrected chi connectivity index (χ1v) is 5.46. The van der Waals surface area contributed by atoms with Crippen molar-refractivity contribution in [1.82, 2.24) is 0 Å². The summed E-state index contributed by atoms with van der Waals surface area (Å²) < 4.78 is 0. The third-order valence-corrected chi connectivity index (χ3v) is 2.27. The number of rotatable bonds is 2. The van der Waals surface area contributed by atoms with Gasteiger partial charge in [-0.1, -0.05) is 24.3 Å². The molecule has 0 saturated carbocycles. The number of hydrogen-bond acceptors (Lipinski definition) is 4. The summed E-state index contributed by atoms with van der Waals surface area (Å²) in [7, 11) is 0. The molecule has 21 heavy (non-hydrogen) atoms. The second-order valence-corrected chi connectivity index (χ2v) is 3.64. The molecule has 106 valence electrons. The van der Waals surface area contributed by atoms with Crippen LogP contribution in [0.3, 0.4) is 0 Å². The van der Waals surface area contributed by atoms with Gasteiger partial charge >= 0.3 is 11.9 Å². The van der Waals surface area contributed by atoms with E-state index in [1.54, 1.807) is 24.3 Å². The standard InChI is InChI=1S/2C7H6O3.Zn/c2*8-6-4-2-1-3-5(6)7(9)10;/h2*1-4,8H,(H,9,10);. The van der Waals surface area contributed by atoms with Gasteiger partial charge in [0.05, 0.1) is 0 Å². The normalized spacial score (nSPS) is 8.76. The third-order valence-electron chi connectivity index (χ3n) is 2.27. The zero-order chi connectivity index (χ0) is 15.1. The van der Waals surface area contributed by atoms with Crippen molar-refractivity contribution in [1.29, 1.82) is 0 Å². The van der Waals surface area contributed by atoms with Gasteiger partial charge < -0.3 is 20.4 Å². The Morgan fingerprint density at radius 1 is 0.667 bits per heavy atom. The Morgan fingerprint density at radius 3 is 1.14 bits per heavy atom. The van der Waals surface area contributed by atoms with E-state index < -0.39 is 11.9 Å². The molecule has 0 aliphatic carbocycles. The average molecular weight is 342 g/mol. The molecule has 0 aliphatic rings. The number of para-hydroxylation sites is 2. The Bertz CT molecular complexity index is 571. The van der Waals surface area contributed by atoms with E-state index in [9.17, 15) is 9.59 Å². The number of phenols is 2. The summed E-state index contributed by atoms with van der Waals surface area (Å²) in [6.45, 7) is 0. The van der Waals surface area contributed by atoms with Gasteiger partial charge in [-0.25, -0.2) is 9.59 Å². The minimum atomic E-state index is -1.11. The molecule has 2 aromatic carbocycles. The molecule has 0 amide bonds. The molecule has 0 unspecified atom stereocenters. The predicted octanol–water partition coefficient (Wildman–Crippen LogP) is 2.18. The van der Waals surface area contributed by atoms with Crippen LogP contribution in [0.2, 0.25) is 0 Å². The Kier molecular flexibility index (Phi) is 7.72. The van der Waals surface area contributed by atoms with Crippen molar-refractivity contribution in [3.63, 3.8) is 0 Å². The van der Waals surface area contributed by atoms with E-state index in [1.165, 1.54) is 24.3 Å².